The van der Waals surface area contributed by atoms with Crippen LogP contribution in [0.5, 0.6) is 5.75 Å². The minimum atomic E-state index is -0.501. The van der Waals surface area contributed by atoms with Crippen molar-refractivity contribution in [2.75, 3.05) is 32.2 Å². The van der Waals surface area contributed by atoms with E-state index in [-0.39, 0.29) is 29.7 Å². The van der Waals surface area contributed by atoms with Gasteiger partial charge in [-0.15, -0.1) is 0 Å². The third kappa shape index (κ3) is 4.73. The smallest absolute Gasteiger partial charge is 0.340 e. The number of nitrogens with zero attached hydrogens (tertiary/aromatic N) is 2. The maximum absolute atomic E-state index is 13.0. The fourth-order valence-corrected chi connectivity index (χ4v) is 4.45. The topological polar surface area (TPSA) is 116 Å². The van der Waals surface area contributed by atoms with Crippen molar-refractivity contribution in [3.63, 3.8) is 0 Å². The lowest BCUT2D eigenvalue weighted by molar-refractivity contribution is -0.384. The largest absolute Gasteiger partial charge is 0.507 e. The van der Waals surface area contributed by atoms with Gasteiger partial charge in [0.1, 0.15) is 12.4 Å². The van der Waals surface area contributed by atoms with E-state index in [1.807, 2.05) is 35.8 Å². The van der Waals surface area contributed by atoms with Gasteiger partial charge in [0.2, 0.25) is 0 Å². The zero-order valence-corrected chi connectivity index (χ0v) is 20.0. The third-order valence-electron chi connectivity index (χ3n) is 5.84. The van der Waals surface area contributed by atoms with Gasteiger partial charge in [-0.25, -0.2) is 4.79 Å². The summed E-state index contributed by atoms with van der Waals surface area (Å²) in [6, 6.07) is 13.3. The molecular weight excluding hydrogens is 474 g/mol. The van der Waals surface area contributed by atoms with Gasteiger partial charge in [0.05, 0.1) is 33.3 Å². The average Bonchev–Trinajstić information content (AvgIpc) is 3.11. The fourth-order valence-electron chi connectivity index (χ4n) is 4.21. The molecule has 3 aromatic carbocycles. The molecule has 9 nitrogen and oxygen atoms in total. The predicted octanol–water partition coefficient (Wildman–Crippen LogP) is 5.29. The van der Waals surface area contributed by atoms with Crippen molar-refractivity contribution in [3.8, 4) is 5.75 Å². The number of rotatable bonds is 9. The summed E-state index contributed by atoms with van der Waals surface area (Å²) in [4.78, 5) is 23.4. The second-order valence-corrected chi connectivity index (χ2v) is 8.33. The molecule has 4 rings (SSSR count). The predicted molar refractivity (Wildman–Crippen MR) is 135 cm³/mol. The van der Waals surface area contributed by atoms with E-state index in [0.29, 0.717) is 40.8 Å². The number of halogens is 1. The molecule has 0 radical (unpaired) electrons. The van der Waals surface area contributed by atoms with Crippen LogP contribution in [0.4, 0.5) is 11.4 Å². The zero-order chi connectivity index (χ0) is 25.1. The Morgan fingerprint density at radius 1 is 1.14 bits per heavy atom. The molecule has 0 spiro atoms. The molecule has 0 saturated carbocycles. The number of phenols is 1. The summed E-state index contributed by atoms with van der Waals surface area (Å²) < 4.78 is 12.4. The number of hydrogen-bond acceptors (Lipinski definition) is 7. The number of nitro benzene ring substituents is 1. The van der Waals surface area contributed by atoms with Gasteiger partial charge in [0, 0.05) is 54.2 Å². The highest BCUT2D eigenvalue weighted by molar-refractivity contribution is 6.33. The van der Waals surface area contributed by atoms with Crippen LogP contribution in [0.2, 0.25) is 5.02 Å². The standard InChI is InChI=1S/C25H24ClN3O6/c1-15-23(25(31)35-12-11-34-2)19-14-22(30)17-5-3-4-6-18(17)24(19)28(15)10-9-27-21-8-7-16(29(32)33)13-20(21)26/h3-8,13-14,27,30H,9-12H2,1-2H3. The van der Waals surface area contributed by atoms with Gasteiger partial charge in [-0.05, 0) is 19.1 Å². The summed E-state index contributed by atoms with van der Waals surface area (Å²) in [6.07, 6.45) is 0. The number of aromatic nitrogens is 1. The monoisotopic (exact) mass is 497 g/mol. The van der Waals surface area contributed by atoms with Crippen LogP contribution in [-0.2, 0) is 16.0 Å². The van der Waals surface area contributed by atoms with E-state index in [1.165, 1.54) is 19.2 Å². The maximum atomic E-state index is 13.0. The number of esters is 1. The van der Waals surface area contributed by atoms with Gasteiger partial charge < -0.3 is 24.5 Å². The molecule has 0 aliphatic carbocycles. The molecule has 0 unspecified atom stereocenters. The number of phenolic OH excluding ortho intramolecular Hbond substituents is 1. The van der Waals surface area contributed by atoms with Gasteiger partial charge in [-0.2, -0.15) is 0 Å². The van der Waals surface area contributed by atoms with E-state index in [4.69, 9.17) is 21.1 Å². The van der Waals surface area contributed by atoms with Crippen molar-refractivity contribution in [3.05, 3.63) is 74.9 Å². The first-order valence-corrected chi connectivity index (χ1v) is 11.3. The molecule has 1 aromatic heterocycles. The highest BCUT2D eigenvalue weighted by atomic mass is 35.5. The van der Waals surface area contributed by atoms with Crippen LogP contribution in [0, 0.1) is 17.0 Å². The first-order chi connectivity index (χ1) is 16.8. The van der Waals surface area contributed by atoms with Crippen molar-refractivity contribution in [1.29, 1.82) is 0 Å². The van der Waals surface area contributed by atoms with E-state index < -0.39 is 10.9 Å². The number of nitro groups is 1. The summed E-state index contributed by atoms with van der Waals surface area (Å²) in [6.45, 7) is 3.10. The van der Waals surface area contributed by atoms with E-state index in [0.717, 1.165) is 10.9 Å². The van der Waals surface area contributed by atoms with Crippen LogP contribution < -0.4 is 5.32 Å². The second kappa shape index (κ2) is 10.2. The fraction of sp³-hybridized carbons (Fsp3) is 0.240. The molecule has 4 aromatic rings. The van der Waals surface area contributed by atoms with Crippen LogP contribution in [0.25, 0.3) is 21.7 Å². The normalized spacial score (nSPS) is 11.2. The number of aromatic hydroxyl groups is 1. The van der Waals surface area contributed by atoms with Gasteiger partial charge in [0.15, 0.2) is 0 Å². The summed E-state index contributed by atoms with van der Waals surface area (Å²) in [5.41, 5.74) is 2.34. The van der Waals surface area contributed by atoms with Crippen molar-refractivity contribution >= 4 is 50.6 Å². The number of methoxy groups -OCH3 is 1. The summed E-state index contributed by atoms with van der Waals surface area (Å²) in [5, 5.41) is 27.1. The summed E-state index contributed by atoms with van der Waals surface area (Å²) in [7, 11) is 1.53. The molecule has 0 amide bonds. The van der Waals surface area contributed by atoms with Gasteiger partial charge in [0.25, 0.3) is 5.69 Å². The quantitative estimate of drug-likeness (QED) is 0.140. The lowest BCUT2D eigenvalue weighted by Gasteiger charge is -2.13. The minimum Gasteiger partial charge on any atom is -0.507 e. The van der Waals surface area contributed by atoms with Crippen LogP contribution in [0.3, 0.4) is 0 Å². The minimum absolute atomic E-state index is 0.0759. The lowest BCUT2D eigenvalue weighted by Crippen LogP contribution is -2.14. The Kier molecular flexibility index (Phi) is 7.09. The number of carbonyl (C=O) groups excluding carboxylic acids is 1. The lowest BCUT2D eigenvalue weighted by atomic mass is 10.0. The Labute approximate surface area is 206 Å². The van der Waals surface area contributed by atoms with E-state index in [9.17, 15) is 20.0 Å². The molecule has 0 fully saturated rings. The van der Waals surface area contributed by atoms with E-state index in [1.54, 1.807) is 12.1 Å². The van der Waals surface area contributed by atoms with Crippen molar-refractivity contribution in [1.82, 2.24) is 4.57 Å². The number of non-ortho nitro benzene ring substituents is 1. The Balaban J connectivity index is 1.72. The molecule has 2 N–H and O–H groups in total. The second-order valence-electron chi connectivity index (χ2n) is 7.93. The Morgan fingerprint density at radius 2 is 1.89 bits per heavy atom. The summed E-state index contributed by atoms with van der Waals surface area (Å²) in [5.74, 6) is -0.420. The molecule has 35 heavy (non-hydrogen) atoms. The molecule has 0 aliphatic rings. The Bertz CT molecular complexity index is 1430. The molecule has 0 bridgehead atoms. The third-order valence-corrected chi connectivity index (χ3v) is 6.15. The molecule has 0 aliphatic heterocycles. The van der Waals surface area contributed by atoms with Gasteiger partial charge >= 0.3 is 5.97 Å². The van der Waals surface area contributed by atoms with Crippen molar-refractivity contribution < 1.29 is 24.3 Å². The van der Waals surface area contributed by atoms with Crippen LogP contribution >= 0.6 is 11.6 Å². The Hall–Kier alpha value is -3.82. The van der Waals surface area contributed by atoms with Crippen LogP contribution in [0.15, 0.2) is 48.5 Å². The number of anilines is 1. The molecule has 10 heteroatoms. The first kappa shape index (κ1) is 24.3. The highest BCUT2D eigenvalue weighted by Crippen LogP contribution is 2.37. The maximum Gasteiger partial charge on any atom is 0.340 e. The first-order valence-electron chi connectivity index (χ1n) is 10.9. The number of benzene rings is 3. The highest BCUT2D eigenvalue weighted by Gasteiger charge is 2.24. The SMILES string of the molecule is COCCOC(=O)c1c(C)n(CCNc2ccc([N+](=O)[O-])cc2Cl)c2c1cc(O)c1ccccc12. The van der Waals surface area contributed by atoms with E-state index in [2.05, 4.69) is 5.32 Å². The zero-order valence-electron chi connectivity index (χ0n) is 19.2. The number of fused-ring (bicyclic) bond motifs is 3. The average molecular weight is 498 g/mol. The Morgan fingerprint density at radius 3 is 2.57 bits per heavy atom. The molecule has 1 heterocycles. The number of hydrogen-bond donors (Lipinski definition) is 2. The molecular formula is C25H24ClN3O6. The number of ether oxygens (including phenoxy) is 2. The molecule has 182 valence electrons. The van der Waals surface area contributed by atoms with Crippen molar-refractivity contribution in [2.45, 2.75) is 13.5 Å². The van der Waals surface area contributed by atoms with Gasteiger partial charge in [-0.3, -0.25) is 10.1 Å². The van der Waals surface area contributed by atoms with E-state index >= 15 is 0 Å². The number of carbonyl (C=O) groups is 1. The molecule has 0 atom stereocenters. The molecule has 0 saturated heterocycles. The van der Waals surface area contributed by atoms with Crippen LogP contribution in [-0.4, -0.2) is 47.4 Å². The van der Waals surface area contributed by atoms with Gasteiger partial charge in [-0.1, -0.05) is 35.9 Å². The van der Waals surface area contributed by atoms with Crippen molar-refractivity contribution in [2.24, 2.45) is 0 Å². The summed E-state index contributed by atoms with van der Waals surface area (Å²) >= 11 is 6.21. The number of nitrogens with one attached hydrogen (secondary N) is 1. The van der Waals surface area contributed by atoms with Crippen LogP contribution in [0.1, 0.15) is 16.1 Å².